The summed E-state index contributed by atoms with van der Waals surface area (Å²) < 4.78 is 48.3. The molecule has 0 bridgehead atoms. The first-order chi connectivity index (χ1) is 30.9. The van der Waals surface area contributed by atoms with Gasteiger partial charge < -0.3 is 44.6 Å². The number of benzene rings is 3. The molecule has 64 heavy (non-hydrogen) atoms. The van der Waals surface area contributed by atoms with Gasteiger partial charge in [-0.25, -0.2) is 19.6 Å². The maximum Gasteiger partial charge on any atom is 0.407 e. The Balaban J connectivity index is 0.931. The fourth-order valence-electron chi connectivity index (χ4n) is 9.89. The normalized spacial score (nSPS) is 20.2. The summed E-state index contributed by atoms with van der Waals surface area (Å²) in [6.07, 6.45) is 4.40. The number of carbonyl (C=O) groups is 4. The van der Waals surface area contributed by atoms with E-state index in [1.165, 1.54) is 20.3 Å². The summed E-state index contributed by atoms with van der Waals surface area (Å²) in [7, 11) is 2.53. The summed E-state index contributed by atoms with van der Waals surface area (Å²) >= 11 is 0. The monoisotopic (exact) mass is 878 g/mol. The average molecular weight is 879 g/mol. The first-order valence-corrected chi connectivity index (χ1v) is 22.0. The van der Waals surface area contributed by atoms with Crippen LogP contribution in [0.15, 0.2) is 60.8 Å². The minimum atomic E-state index is -3.29. The van der Waals surface area contributed by atoms with Gasteiger partial charge in [0, 0.05) is 43.0 Å². The number of alkyl carbamates (subject to hydrolysis) is 2. The fraction of sp³-hybridized carbons (Fsp3) is 0.447. The van der Waals surface area contributed by atoms with Crippen LogP contribution in [0.25, 0.3) is 44.5 Å². The number of methoxy groups -OCH3 is 2. The number of likely N-dealkylation sites (tertiary alicyclic amines) is 2. The van der Waals surface area contributed by atoms with E-state index in [1.807, 2.05) is 38.1 Å². The molecule has 9 rings (SSSR count). The number of nitrogens with one attached hydrogen (secondary N) is 4. The molecule has 0 radical (unpaired) electrons. The number of amides is 4. The molecule has 17 heteroatoms. The number of rotatable bonds is 10. The third kappa shape index (κ3) is 7.83. The number of halogens is 2. The minimum Gasteiger partial charge on any atom is -0.453 e. The number of alkyl halides is 2. The number of ether oxygens (including phenoxy) is 3. The number of fused-ring (bicyclic) bond motifs is 4. The highest BCUT2D eigenvalue weighted by Gasteiger charge is 2.45. The third-order valence-corrected chi connectivity index (χ3v) is 13.3. The molecule has 3 fully saturated rings. The van der Waals surface area contributed by atoms with E-state index >= 15 is 8.78 Å². The van der Waals surface area contributed by atoms with Crippen LogP contribution in [0.3, 0.4) is 0 Å². The highest BCUT2D eigenvalue weighted by atomic mass is 19.3. The van der Waals surface area contributed by atoms with Crippen LogP contribution in [0.4, 0.5) is 18.4 Å². The van der Waals surface area contributed by atoms with Crippen LogP contribution in [-0.2, 0) is 29.7 Å². The summed E-state index contributed by atoms with van der Waals surface area (Å²) in [6, 6.07) is 13.5. The van der Waals surface area contributed by atoms with Gasteiger partial charge in [0.15, 0.2) is 0 Å². The molecule has 5 aromatic rings. The standard InChI is InChI=1S/C47H52F2N8O7/c1-25(2)39(54-45(60)62-3)43(58)57-18-6-8-38(57)42-51-34-14-11-28(23-35(34)52-42)27-9-12-30-31-13-10-29(22-33(31)47(48,49)32(30)21-27)36-24-50-41(53-36)37-7-5-17-56(37)44(59)40(55-46(61)63-4)26-15-19-64-20-16-26/h9-14,21-26,37-40H,5-8,15-20H2,1-4H3,(H,50,53)(H,51,52)(H,54,60)(H,55,61)/t37-,38-,39?,40?/m0/s1. The fourth-order valence-corrected chi connectivity index (χ4v) is 9.89. The van der Waals surface area contributed by atoms with Crippen molar-refractivity contribution in [2.45, 2.75) is 82.5 Å². The smallest absolute Gasteiger partial charge is 0.407 e. The number of carbonyl (C=O) groups excluding carboxylic acids is 4. The molecule has 2 aromatic heterocycles. The highest BCUT2D eigenvalue weighted by molar-refractivity contribution is 5.89. The Morgan fingerprint density at radius 2 is 1.36 bits per heavy atom. The van der Waals surface area contributed by atoms with Gasteiger partial charge in [-0.1, -0.05) is 44.2 Å². The molecule has 3 aliphatic heterocycles. The van der Waals surface area contributed by atoms with Crippen molar-refractivity contribution in [2.75, 3.05) is 40.5 Å². The Morgan fingerprint density at radius 3 is 2.03 bits per heavy atom. The molecule has 0 spiro atoms. The molecular formula is C47H52F2N8O7. The summed E-state index contributed by atoms with van der Waals surface area (Å²) in [6.45, 7) is 5.75. The van der Waals surface area contributed by atoms with Gasteiger partial charge in [-0.15, -0.1) is 0 Å². The molecule has 4 amide bonds. The number of hydrogen-bond donors (Lipinski definition) is 4. The van der Waals surface area contributed by atoms with Crippen molar-refractivity contribution in [1.82, 2.24) is 40.4 Å². The third-order valence-electron chi connectivity index (χ3n) is 13.3. The molecule has 5 heterocycles. The van der Waals surface area contributed by atoms with Crippen LogP contribution >= 0.6 is 0 Å². The molecule has 4 N–H and O–H groups in total. The lowest BCUT2D eigenvalue weighted by Gasteiger charge is -2.34. The average Bonchev–Trinajstić information content (AvgIpc) is 4.17. The van der Waals surface area contributed by atoms with Crippen molar-refractivity contribution in [3.63, 3.8) is 0 Å². The van der Waals surface area contributed by atoms with Crippen LogP contribution in [0, 0.1) is 11.8 Å². The second kappa shape index (κ2) is 17.3. The summed E-state index contributed by atoms with van der Waals surface area (Å²) in [5, 5.41) is 5.44. The van der Waals surface area contributed by atoms with E-state index in [-0.39, 0.29) is 46.9 Å². The van der Waals surface area contributed by atoms with Gasteiger partial charge in [0.05, 0.1) is 49.2 Å². The van der Waals surface area contributed by atoms with Crippen LogP contribution in [0.2, 0.25) is 0 Å². The van der Waals surface area contributed by atoms with Crippen molar-refractivity contribution in [1.29, 1.82) is 0 Å². The molecule has 15 nitrogen and oxygen atoms in total. The Bertz CT molecular complexity index is 2600. The molecule has 2 unspecified atom stereocenters. The molecule has 3 saturated heterocycles. The lowest BCUT2D eigenvalue weighted by molar-refractivity contribution is -0.137. The number of nitrogens with zero attached hydrogens (tertiary/aromatic N) is 4. The topological polar surface area (TPSA) is 184 Å². The van der Waals surface area contributed by atoms with Gasteiger partial charge in [0.2, 0.25) is 11.8 Å². The summed E-state index contributed by atoms with van der Waals surface area (Å²) in [5.74, 6) is -2.81. The van der Waals surface area contributed by atoms with Crippen molar-refractivity contribution in [3.8, 4) is 33.5 Å². The second-order valence-corrected chi connectivity index (χ2v) is 17.4. The van der Waals surface area contributed by atoms with Crippen LogP contribution in [0.1, 0.15) is 87.2 Å². The Labute approximate surface area is 368 Å². The second-order valence-electron chi connectivity index (χ2n) is 17.4. The molecular weight excluding hydrogens is 827 g/mol. The molecule has 4 aliphatic rings. The molecule has 3 aromatic carbocycles. The zero-order valence-electron chi connectivity index (χ0n) is 36.2. The van der Waals surface area contributed by atoms with E-state index in [0.29, 0.717) is 103 Å². The molecule has 336 valence electrons. The molecule has 0 saturated carbocycles. The van der Waals surface area contributed by atoms with Gasteiger partial charge in [-0.2, -0.15) is 8.78 Å². The number of aromatic amines is 2. The van der Waals surface area contributed by atoms with E-state index in [4.69, 9.17) is 19.2 Å². The van der Waals surface area contributed by atoms with E-state index in [1.54, 1.807) is 40.3 Å². The Morgan fingerprint density at radius 1 is 0.766 bits per heavy atom. The van der Waals surface area contributed by atoms with Gasteiger partial charge >= 0.3 is 12.2 Å². The van der Waals surface area contributed by atoms with E-state index < -0.39 is 30.2 Å². The van der Waals surface area contributed by atoms with Crippen LogP contribution in [0.5, 0.6) is 0 Å². The summed E-state index contributed by atoms with van der Waals surface area (Å²) in [4.78, 5) is 71.8. The van der Waals surface area contributed by atoms with Crippen molar-refractivity contribution in [3.05, 3.63) is 83.6 Å². The van der Waals surface area contributed by atoms with Crippen molar-refractivity contribution in [2.24, 2.45) is 11.8 Å². The van der Waals surface area contributed by atoms with Gasteiger partial charge in [-0.3, -0.25) is 9.59 Å². The van der Waals surface area contributed by atoms with E-state index in [0.717, 1.165) is 18.4 Å². The number of imidazole rings is 2. The first kappa shape index (κ1) is 42.9. The predicted molar refractivity (Wildman–Crippen MR) is 232 cm³/mol. The lowest BCUT2D eigenvalue weighted by atomic mass is 9.90. The van der Waals surface area contributed by atoms with Gasteiger partial charge in [0.1, 0.15) is 23.7 Å². The first-order valence-electron chi connectivity index (χ1n) is 22.0. The lowest BCUT2D eigenvalue weighted by Crippen LogP contribution is -2.53. The zero-order chi connectivity index (χ0) is 44.9. The number of H-pyrrole nitrogens is 2. The Kier molecular flexibility index (Phi) is 11.6. The van der Waals surface area contributed by atoms with E-state index in [2.05, 4.69) is 25.6 Å². The zero-order valence-corrected chi connectivity index (χ0v) is 36.2. The largest absolute Gasteiger partial charge is 0.453 e. The van der Waals surface area contributed by atoms with Crippen LogP contribution in [-0.4, -0.2) is 106 Å². The number of hydrogen-bond acceptors (Lipinski definition) is 9. The van der Waals surface area contributed by atoms with Gasteiger partial charge in [0.25, 0.3) is 5.92 Å². The van der Waals surface area contributed by atoms with E-state index in [9.17, 15) is 19.2 Å². The van der Waals surface area contributed by atoms with Crippen molar-refractivity contribution < 1.29 is 42.2 Å². The molecule has 4 atom stereocenters. The van der Waals surface area contributed by atoms with Crippen molar-refractivity contribution >= 4 is 35.0 Å². The SMILES string of the molecule is COC(=O)NC(C(=O)N1CCC[C@H]1c1nc2ccc(-c3ccc4c(c3)C(F)(F)c3cc(-c5cnc([C@@H]6CCCN6C(=O)C(NC(=O)OC)C6CCOCC6)[nH]5)ccc3-4)cc2[nH]1)C(C)C. The quantitative estimate of drug-likeness (QED) is 0.110. The van der Waals surface area contributed by atoms with Gasteiger partial charge in [-0.05, 0) is 96.9 Å². The predicted octanol–water partition coefficient (Wildman–Crippen LogP) is 7.60. The maximum atomic E-state index is 16.6. The van der Waals surface area contributed by atoms with Crippen LogP contribution < -0.4 is 10.6 Å². The minimum absolute atomic E-state index is 0.0898. The maximum absolute atomic E-state index is 16.6. The summed E-state index contributed by atoms with van der Waals surface area (Å²) in [5.41, 5.74) is 4.53. The number of aromatic nitrogens is 4. The molecule has 1 aliphatic carbocycles. The Hall–Kier alpha value is -6.36. The highest BCUT2D eigenvalue weighted by Crippen LogP contribution is 2.53.